The number of anilines is 1. The lowest BCUT2D eigenvalue weighted by Gasteiger charge is -2.22. The van der Waals surface area contributed by atoms with E-state index < -0.39 is 0 Å². The van der Waals surface area contributed by atoms with Gasteiger partial charge in [-0.25, -0.2) is 0 Å². The van der Waals surface area contributed by atoms with E-state index in [2.05, 4.69) is 27.7 Å². The van der Waals surface area contributed by atoms with Crippen LogP contribution in [0.5, 0.6) is 0 Å². The molecule has 0 radical (unpaired) electrons. The average Bonchev–Trinajstić information content (AvgIpc) is 3.08. The Kier molecular flexibility index (Phi) is 9.67. The van der Waals surface area contributed by atoms with Crippen molar-refractivity contribution in [2.45, 2.75) is 32.1 Å². The molecule has 24 heavy (non-hydrogen) atoms. The molecule has 2 N–H and O–H groups in total. The number of nitrogens with one attached hydrogen (secondary N) is 2. The Morgan fingerprint density at radius 1 is 1.12 bits per heavy atom. The number of amides is 1. The Morgan fingerprint density at radius 2 is 1.83 bits per heavy atom. The van der Waals surface area contributed by atoms with Gasteiger partial charge in [-0.15, -0.1) is 24.8 Å². The number of benzene rings is 1. The first-order valence-corrected chi connectivity index (χ1v) is 8.64. The number of nitrogens with zero attached hydrogens (tertiary/aromatic N) is 1. The van der Waals surface area contributed by atoms with Gasteiger partial charge in [0.2, 0.25) is 5.91 Å². The predicted molar refractivity (Wildman–Crippen MR) is 105 cm³/mol. The number of carbonyl (C=O) groups excluding carboxylic acids is 1. The summed E-state index contributed by atoms with van der Waals surface area (Å²) in [6.45, 7) is 5.50. The van der Waals surface area contributed by atoms with Crippen molar-refractivity contribution in [3.8, 4) is 0 Å². The van der Waals surface area contributed by atoms with Crippen molar-refractivity contribution in [1.82, 2.24) is 10.2 Å². The Labute approximate surface area is 157 Å². The second-order valence-corrected chi connectivity index (χ2v) is 6.53. The Bertz CT molecular complexity index is 484. The zero-order valence-electron chi connectivity index (χ0n) is 14.1. The molecule has 0 spiro atoms. The maximum absolute atomic E-state index is 12.2. The number of carbonyl (C=O) groups is 1. The highest BCUT2D eigenvalue weighted by atomic mass is 35.5. The van der Waals surface area contributed by atoms with Crippen LogP contribution in [0.15, 0.2) is 24.3 Å². The summed E-state index contributed by atoms with van der Waals surface area (Å²) in [5.74, 6) is 0.264. The van der Waals surface area contributed by atoms with E-state index in [1.807, 2.05) is 12.1 Å². The van der Waals surface area contributed by atoms with Crippen molar-refractivity contribution in [2.75, 3.05) is 38.0 Å². The Morgan fingerprint density at radius 3 is 2.46 bits per heavy atom. The maximum atomic E-state index is 12.2. The van der Waals surface area contributed by atoms with Gasteiger partial charge in [0.25, 0.3) is 0 Å². The van der Waals surface area contributed by atoms with Crippen molar-refractivity contribution in [2.24, 2.45) is 5.92 Å². The van der Waals surface area contributed by atoms with E-state index in [1.54, 1.807) is 0 Å². The molecule has 0 aromatic heterocycles. The number of likely N-dealkylation sites (tertiary alicyclic amines) is 1. The summed E-state index contributed by atoms with van der Waals surface area (Å²) >= 11 is 0. The largest absolute Gasteiger partial charge is 0.326 e. The molecule has 0 saturated carbocycles. The van der Waals surface area contributed by atoms with E-state index in [1.165, 1.54) is 31.5 Å². The molecule has 2 aliphatic rings. The SMILES string of the molecule is Cl.Cl.O=C(Nc1ccc(CCN2CCCC2)cc1)C1CCCNC1. The first-order valence-electron chi connectivity index (χ1n) is 8.64. The Hall–Kier alpha value is -0.810. The smallest absolute Gasteiger partial charge is 0.228 e. The van der Waals surface area contributed by atoms with Crippen molar-refractivity contribution >= 4 is 36.4 Å². The van der Waals surface area contributed by atoms with E-state index >= 15 is 0 Å². The molecule has 2 aliphatic heterocycles. The molecule has 1 atom stereocenters. The fourth-order valence-corrected chi connectivity index (χ4v) is 3.37. The number of hydrogen-bond acceptors (Lipinski definition) is 3. The van der Waals surface area contributed by atoms with Crippen LogP contribution in [0.3, 0.4) is 0 Å². The first-order chi connectivity index (χ1) is 10.8. The lowest BCUT2D eigenvalue weighted by atomic mass is 9.99. The molecule has 1 amide bonds. The molecule has 2 fully saturated rings. The minimum absolute atomic E-state index is 0. The van der Waals surface area contributed by atoms with Gasteiger partial charge in [-0.05, 0) is 69.4 Å². The molecular formula is C18H29Cl2N3O. The van der Waals surface area contributed by atoms with E-state index in [9.17, 15) is 4.79 Å². The highest BCUT2D eigenvalue weighted by Gasteiger charge is 2.20. The molecule has 2 saturated heterocycles. The average molecular weight is 374 g/mol. The van der Waals surface area contributed by atoms with Crippen LogP contribution in [-0.4, -0.2) is 43.5 Å². The van der Waals surface area contributed by atoms with Gasteiger partial charge in [-0.3, -0.25) is 4.79 Å². The number of piperidine rings is 1. The van der Waals surface area contributed by atoms with E-state index in [0.29, 0.717) is 0 Å². The van der Waals surface area contributed by atoms with Gasteiger partial charge in [0.1, 0.15) is 0 Å². The predicted octanol–water partition coefficient (Wildman–Crippen LogP) is 3.11. The molecule has 136 valence electrons. The van der Waals surface area contributed by atoms with Crippen LogP contribution in [-0.2, 0) is 11.2 Å². The summed E-state index contributed by atoms with van der Waals surface area (Å²) in [6, 6.07) is 8.36. The van der Waals surface area contributed by atoms with E-state index in [-0.39, 0.29) is 36.6 Å². The summed E-state index contributed by atoms with van der Waals surface area (Å²) in [7, 11) is 0. The van der Waals surface area contributed by atoms with Crippen LogP contribution in [0.1, 0.15) is 31.2 Å². The second kappa shape index (κ2) is 10.9. The third kappa shape index (κ3) is 6.25. The topological polar surface area (TPSA) is 44.4 Å². The van der Waals surface area contributed by atoms with Crippen LogP contribution >= 0.6 is 24.8 Å². The van der Waals surface area contributed by atoms with Gasteiger partial charge < -0.3 is 15.5 Å². The normalized spacial score (nSPS) is 20.8. The third-order valence-electron chi connectivity index (χ3n) is 4.80. The van der Waals surface area contributed by atoms with Crippen LogP contribution < -0.4 is 10.6 Å². The van der Waals surface area contributed by atoms with Crippen molar-refractivity contribution in [3.63, 3.8) is 0 Å². The molecule has 0 bridgehead atoms. The number of rotatable bonds is 5. The minimum Gasteiger partial charge on any atom is -0.326 e. The monoisotopic (exact) mass is 373 g/mol. The van der Waals surface area contributed by atoms with Crippen LogP contribution in [0.4, 0.5) is 5.69 Å². The zero-order chi connectivity index (χ0) is 15.2. The van der Waals surface area contributed by atoms with Gasteiger partial charge in [0.15, 0.2) is 0 Å². The highest BCUT2D eigenvalue weighted by molar-refractivity contribution is 5.92. The van der Waals surface area contributed by atoms with Crippen LogP contribution in [0.2, 0.25) is 0 Å². The van der Waals surface area contributed by atoms with Gasteiger partial charge in [0.05, 0.1) is 5.92 Å². The maximum Gasteiger partial charge on any atom is 0.228 e. The summed E-state index contributed by atoms with van der Waals surface area (Å²) in [6.07, 6.45) is 5.88. The molecule has 1 aromatic rings. The number of halogens is 2. The van der Waals surface area contributed by atoms with Gasteiger partial charge >= 0.3 is 0 Å². The third-order valence-corrected chi connectivity index (χ3v) is 4.80. The van der Waals surface area contributed by atoms with Gasteiger partial charge in [-0.2, -0.15) is 0 Å². The quantitative estimate of drug-likeness (QED) is 0.833. The molecule has 6 heteroatoms. The fraction of sp³-hybridized carbons (Fsp3) is 0.611. The molecule has 2 heterocycles. The Balaban J connectivity index is 0.00000144. The van der Waals surface area contributed by atoms with Crippen LogP contribution in [0, 0.1) is 5.92 Å². The lowest BCUT2D eigenvalue weighted by molar-refractivity contribution is -0.120. The van der Waals surface area contributed by atoms with E-state index in [4.69, 9.17) is 0 Å². The van der Waals surface area contributed by atoms with Crippen molar-refractivity contribution < 1.29 is 4.79 Å². The van der Waals surface area contributed by atoms with Crippen molar-refractivity contribution in [1.29, 1.82) is 0 Å². The summed E-state index contributed by atoms with van der Waals surface area (Å²) in [5.41, 5.74) is 2.27. The number of hydrogen-bond donors (Lipinski definition) is 2. The minimum atomic E-state index is 0. The lowest BCUT2D eigenvalue weighted by Crippen LogP contribution is -2.37. The first kappa shape index (κ1) is 21.2. The standard InChI is InChI=1S/C18H27N3O.2ClH/c22-18(16-4-3-10-19-14-16)20-17-7-5-15(6-8-17)9-13-21-11-1-2-12-21;;/h5-8,16,19H,1-4,9-14H2,(H,20,22);2*1H. The van der Waals surface area contributed by atoms with E-state index in [0.717, 1.165) is 44.6 Å². The molecule has 1 unspecified atom stereocenters. The van der Waals surface area contributed by atoms with Gasteiger partial charge in [-0.1, -0.05) is 12.1 Å². The molecule has 3 rings (SSSR count). The highest BCUT2D eigenvalue weighted by Crippen LogP contribution is 2.16. The summed E-state index contributed by atoms with van der Waals surface area (Å²) in [4.78, 5) is 14.7. The molecule has 0 aliphatic carbocycles. The summed E-state index contributed by atoms with van der Waals surface area (Å²) < 4.78 is 0. The second-order valence-electron chi connectivity index (χ2n) is 6.53. The summed E-state index contributed by atoms with van der Waals surface area (Å²) in [5, 5.41) is 6.34. The van der Waals surface area contributed by atoms with Gasteiger partial charge in [0, 0.05) is 18.8 Å². The van der Waals surface area contributed by atoms with Crippen LogP contribution in [0.25, 0.3) is 0 Å². The zero-order valence-corrected chi connectivity index (χ0v) is 15.8. The molecule has 1 aromatic carbocycles. The van der Waals surface area contributed by atoms with Crippen molar-refractivity contribution in [3.05, 3.63) is 29.8 Å². The molecular weight excluding hydrogens is 345 g/mol. The molecule has 4 nitrogen and oxygen atoms in total. The fourth-order valence-electron chi connectivity index (χ4n) is 3.37.